The largest absolute Gasteiger partial charge is 0.347 e. The van der Waals surface area contributed by atoms with Crippen LogP contribution in [0.1, 0.15) is 36.1 Å². The Balaban J connectivity index is 1.70. The smallest absolute Gasteiger partial charge is 0.128 e. The summed E-state index contributed by atoms with van der Waals surface area (Å²) in [5, 5.41) is 0. The highest BCUT2D eigenvalue weighted by molar-refractivity contribution is 5.20. The summed E-state index contributed by atoms with van der Waals surface area (Å²) in [4.78, 5) is 18.7. The van der Waals surface area contributed by atoms with E-state index in [4.69, 9.17) is 0 Å². The summed E-state index contributed by atoms with van der Waals surface area (Å²) in [7, 11) is 0. The Bertz CT molecular complexity index is 535. The van der Waals surface area contributed by atoms with Crippen LogP contribution in [-0.4, -0.2) is 31.4 Å². The summed E-state index contributed by atoms with van der Waals surface area (Å²) in [6, 6.07) is 0. The van der Waals surface area contributed by atoms with Crippen LogP contribution in [-0.2, 0) is 25.9 Å². The SMILES string of the molecule is CCCc1ncc2c(n1)CCN(Cc1cnc[nH]1)C2. The summed E-state index contributed by atoms with van der Waals surface area (Å²) in [5.41, 5.74) is 3.66. The first kappa shape index (κ1) is 12.3. The molecule has 0 radical (unpaired) electrons. The van der Waals surface area contributed by atoms with Gasteiger partial charge in [0.05, 0.1) is 6.33 Å². The number of nitrogens with zero attached hydrogens (tertiary/aromatic N) is 4. The monoisotopic (exact) mass is 257 g/mol. The number of hydrogen-bond donors (Lipinski definition) is 1. The van der Waals surface area contributed by atoms with Crippen LogP contribution in [0.3, 0.4) is 0 Å². The van der Waals surface area contributed by atoms with Crippen molar-refractivity contribution >= 4 is 0 Å². The van der Waals surface area contributed by atoms with Gasteiger partial charge in [-0.05, 0) is 6.42 Å². The van der Waals surface area contributed by atoms with Crippen molar-refractivity contribution in [3.05, 3.63) is 41.5 Å². The van der Waals surface area contributed by atoms with Crippen molar-refractivity contribution in [3.63, 3.8) is 0 Å². The van der Waals surface area contributed by atoms with E-state index in [0.717, 1.165) is 50.4 Å². The van der Waals surface area contributed by atoms with Crippen LogP contribution >= 0.6 is 0 Å². The summed E-state index contributed by atoms with van der Waals surface area (Å²) in [6.45, 7) is 5.06. The van der Waals surface area contributed by atoms with Crippen molar-refractivity contribution in [2.24, 2.45) is 0 Å². The van der Waals surface area contributed by atoms with Crippen molar-refractivity contribution in [2.45, 2.75) is 39.3 Å². The average Bonchev–Trinajstić information content (AvgIpc) is 2.92. The number of aromatic nitrogens is 4. The molecule has 0 aliphatic carbocycles. The molecule has 100 valence electrons. The number of rotatable bonds is 4. The second-order valence-corrected chi connectivity index (χ2v) is 5.05. The number of imidazole rings is 1. The minimum atomic E-state index is 0.913. The van der Waals surface area contributed by atoms with Gasteiger partial charge < -0.3 is 4.98 Å². The van der Waals surface area contributed by atoms with E-state index in [0.29, 0.717) is 0 Å². The van der Waals surface area contributed by atoms with Gasteiger partial charge in [0.25, 0.3) is 0 Å². The fraction of sp³-hybridized carbons (Fsp3) is 0.500. The molecule has 3 rings (SSSR count). The third kappa shape index (κ3) is 2.81. The Labute approximate surface area is 113 Å². The number of fused-ring (bicyclic) bond motifs is 1. The third-order valence-electron chi connectivity index (χ3n) is 3.49. The maximum atomic E-state index is 4.68. The predicted octanol–water partition coefficient (Wildman–Crippen LogP) is 1.71. The number of H-pyrrole nitrogens is 1. The van der Waals surface area contributed by atoms with Crippen molar-refractivity contribution < 1.29 is 0 Å². The van der Waals surface area contributed by atoms with E-state index in [9.17, 15) is 0 Å². The van der Waals surface area contributed by atoms with Gasteiger partial charge in [-0.15, -0.1) is 0 Å². The second-order valence-electron chi connectivity index (χ2n) is 5.05. The molecule has 1 aliphatic heterocycles. The first-order valence-electron chi connectivity index (χ1n) is 6.88. The molecular weight excluding hydrogens is 238 g/mol. The fourth-order valence-electron chi connectivity index (χ4n) is 2.51. The third-order valence-corrected chi connectivity index (χ3v) is 3.49. The summed E-state index contributed by atoms with van der Waals surface area (Å²) in [6.07, 6.45) is 8.72. The lowest BCUT2D eigenvalue weighted by Crippen LogP contribution is -2.31. The molecule has 5 nitrogen and oxygen atoms in total. The molecule has 0 unspecified atom stereocenters. The minimum absolute atomic E-state index is 0.913. The lowest BCUT2D eigenvalue weighted by Gasteiger charge is -2.27. The second kappa shape index (κ2) is 5.48. The number of nitrogens with one attached hydrogen (secondary N) is 1. The molecule has 0 spiro atoms. The Morgan fingerprint density at radius 3 is 3.11 bits per heavy atom. The van der Waals surface area contributed by atoms with Gasteiger partial charge >= 0.3 is 0 Å². The normalized spacial score (nSPS) is 15.4. The van der Waals surface area contributed by atoms with E-state index in [2.05, 4.69) is 31.8 Å². The quantitative estimate of drug-likeness (QED) is 0.906. The highest BCUT2D eigenvalue weighted by Crippen LogP contribution is 2.18. The highest BCUT2D eigenvalue weighted by Gasteiger charge is 2.18. The molecule has 0 fully saturated rings. The standard InChI is InChI=1S/C14H19N5/c1-2-3-14-16-6-11-8-19(5-4-13(11)18-14)9-12-7-15-10-17-12/h6-7,10H,2-5,8-9H2,1H3,(H,15,17). The molecular formula is C14H19N5. The van der Waals surface area contributed by atoms with Gasteiger partial charge in [-0.1, -0.05) is 6.92 Å². The van der Waals surface area contributed by atoms with Gasteiger partial charge in [0.1, 0.15) is 5.82 Å². The first-order chi connectivity index (χ1) is 9.35. The minimum Gasteiger partial charge on any atom is -0.347 e. The van der Waals surface area contributed by atoms with Crippen LogP contribution in [0.25, 0.3) is 0 Å². The molecule has 0 atom stereocenters. The Morgan fingerprint density at radius 1 is 1.37 bits per heavy atom. The molecule has 0 aromatic carbocycles. The van der Waals surface area contributed by atoms with Gasteiger partial charge in [0, 0.05) is 61.8 Å². The fourth-order valence-corrected chi connectivity index (χ4v) is 2.51. The molecule has 0 bridgehead atoms. The molecule has 1 N–H and O–H groups in total. The molecule has 0 saturated heterocycles. The van der Waals surface area contributed by atoms with E-state index in [1.54, 1.807) is 6.33 Å². The zero-order chi connectivity index (χ0) is 13.1. The summed E-state index contributed by atoms with van der Waals surface area (Å²) < 4.78 is 0. The van der Waals surface area contributed by atoms with E-state index in [1.807, 2.05) is 12.4 Å². The van der Waals surface area contributed by atoms with Gasteiger partial charge in [-0.2, -0.15) is 0 Å². The van der Waals surface area contributed by atoms with Crippen LogP contribution in [0.2, 0.25) is 0 Å². The van der Waals surface area contributed by atoms with Crippen LogP contribution in [0.15, 0.2) is 18.7 Å². The maximum Gasteiger partial charge on any atom is 0.128 e. The van der Waals surface area contributed by atoms with Crippen molar-refractivity contribution in [1.82, 2.24) is 24.8 Å². The number of aromatic amines is 1. The number of hydrogen-bond acceptors (Lipinski definition) is 4. The van der Waals surface area contributed by atoms with E-state index >= 15 is 0 Å². The van der Waals surface area contributed by atoms with Gasteiger partial charge in [0.2, 0.25) is 0 Å². The molecule has 2 aromatic heterocycles. The summed E-state index contributed by atoms with van der Waals surface area (Å²) in [5.74, 6) is 0.989. The van der Waals surface area contributed by atoms with Crippen molar-refractivity contribution in [1.29, 1.82) is 0 Å². The Hall–Kier alpha value is -1.75. The first-order valence-corrected chi connectivity index (χ1v) is 6.88. The molecule has 19 heavy (non-hydrogen) atoms. The van der Waals surface area contributed by atoms with Crippen molar-refractivity contribution in [2.75, 3.05) is 6.54 Å². The zero-order valence-electron chi connectivity index (χ0n) is 11.3. The Morgan fingerprint density at radius 2 is 2.32 bits per heavy atom. The van der Waals surface area contributed by atoms with Crippen LogP contribution in [0, 0.1) is 0 Å². The van der Waals surface area contributed by atoms with E-state index < -0.39 is 0 Å². The predicted molar refractivity (Wildman–Crippen MR) is 72.4 cm³/mol. The summed E-state index contributed by atoms with van der Waals surface area (Å²) >= 11 is 0. The highest BCUT2D eigenvalue weighted by atomic mass is 15.1. The molecule has 3 heterocycles. The van der Waals surface area contributed by atoms with Gasteiger partial charge in [-0.25, -0.2) is 15.0 Å². The van der Waals surface area contributed by atoms with Crippen molar-refractivity contribution in [3.8, 4) is 0 Å². The lowest BCUT2D eigenvalue weighted by atomic mass is 10.1. The number of aryl methyl sites for hydroxylation is 1. The lowest BCUT2D eigenvalue weighted by molar-refractivity contribution is 0.240. The van der Waals surface area contributed by atoms with Crippen LogP contribution in [0.4, 0.5) is 0 Å². The van der Waals surface area contributed by atoms with Crippen LogP contribution < -0.4 is 0 Å². The zero-order valence-corrected chi connectivity index (χ0v) is 11.3. The molecule has 1 aliphatic rings. The average molecular weight is 257 g/mol. The maximum absolute atomic E-state index is 4.68. The molecule has 5 heteroatoms. The Kier molecular flexibility index (Phi) is 3.55. The van der Waals surface area contributed by atoms with E-state index in [1.165, 1.54) is 11.3 Å². The van der Waals surface area contributed by atoms with Crippen LogP contribution in [0.5, 0.6) is 0 Å². The molecule has 0 amide bonds. The van der Waals surface area contributed by atoms with E-state index in [-0.39, 0.29) is 0 Å². The molecule has 0 saturated carbocycles. The topological polar surface area (TPSA) is 57.7 Å². The van der Waals surface area contributed by atoms with Gasteiger partial charge in [-0.3, -0.25) is 4.90 Å². The van der Waals surface area contributed by atoms with Gasteiger partial charge in [0.15, 0.2) is 0 Å². The molecule has 2 aromatic rings.